The van der Waals surface area contributed by atoms with Crippen LogP contribution in [-0.4, -0.2) is 9.55 Å². The van der Waals surface area contributed by atoms with Crippen molar-refractivity contribution in [2.45, 2.75) is 0 Å². The van der Waals surface area contributed by atoms with E-state index in [4.69, 9.17) is 4.98 Å². The van der Waals surface area contributed by atoms with Crippen LogP contribution in [0.4, 0.5) is 0 Å². The Morgan fingerprint density at radius 3 is 1.84 bits per heavy atom. The smallest absolute Gasteiger partial charge is 0.0715 e. The fraction of sp³-hybridized carbons (Fsp3) is 0. The number of pyridine rings is 1. The van der Waals surface area contributed by atoms with E-state index in [0.717, 1.165) is 28.1 Å². The summed E-state index contributed by atoms with van der Waals surface area (Å²) in [5.41, 5.74) is 10.1. The van der Waals surface area contributed by atoms with Crippen molar-refractivity contribution >= 4 is 53.3 Å². The Balaban J connectivity index is 1.26. The minimum absolute atomic E-state index is 0.972. The molecule has 0 unspecified atom stereocenters. The first-order valence-corrected chi connectivity index (χ1v) is 15.7. The number of thiophene rings is 1. The molecule has 0 fully saturated rings. The maximum Gasteiger partial charge on any atom is 0.0715 e. The third kappa shape index (κ3) is 4.05. The molecule has 9 aromatic rings. The second kappa shape index (κ2) is 10.0. The van der Waals surface area contributed by atoms with Crippen molar-refractivity contribution in [2.75, 3.05) is 0 Å². The quantitative estimate of drug-likeness (QED) is 0.203. The first kappa shape index (κ1) is 25.0. The van der Waals surface area contributed by atoms with Gasteiger partial charge in [0, 0.05) is 47.8 Å². The zero-order valence-corrected chi connectivity index (χ0v) is 24.6. The molecule has 0 aliphatic heterocycles. The van der Waals surface area contributed by atoms with E-state index in [-0.39, 0.29) is 0 Å². The molecule has 0 spiro atoms. The van der Waals surface area contributed by atoms with Crippen molar-refractivity contribution in [3.63, 3.8) is 0 Å². The second-order valence-corrected chi connectivity index (χ2v) is 12.3. The number of benzene rings is 6. The van der Waals surface area contributed by atoms with Gasteiger partial charge >= 0.3 is 0 Å². The minimum Gasteiger partial charge on any atom is -0.309 e. The summed E-state index contributed by atoms with van der Waals surface area (Å²) in [4.78, 5) is 5.23. The van der Waals surface area contributed by atoms with Crippen molar-refractivity contribution in [1.82, 2.24) is 9.55 Å². The van der Waals surface area contributed by atoms with Gasteiger partial charge in [0.25, 0.3) is 0 Å². The summed E-state index contributed by atoms with van der Waals surface area (Å²) in [7, 11) is 0. The van der Waals surface area contributed by atoms with Crippen LogP contribution in [0, 0.1) is 0 Å². The number of nitrogens with zero attached hydrogens (tertiary/aromatic N) is 2. The highest BCUT2D eigenvalue weighted by molar-refractivity contribution is 7.25. The Bertz CT molecular complexity index is 2490. The molecule has 0 saturated carbocycles. The van der Waals surface area contributed by atoms with E-state index >= 15 is 0 Å². The third-order valence-corrected chi connectivity index (χ3v) is 9.74. The van der Waals surface area contributed by atoms with Crippen LogP contribution >= 0.6 is 11.3 Å². The Hall–Kier alpha value is -5.51. The summed E-state index contributed by atoms with van der Waals surface area (Å²) in [6, 6.07) is 56.6. The van der Waals surface area contributed by atoms with Crippen LogP contribution in [0.2, 0.25) is 0 Å². The molecule has 0 saturated heterocycles. The van der Waals surface area contributed by atoms with Crippen LogP contribution in [0.25, 0.3) is 81.3 Å². The summed E-state index contributed by atoms with van der Waals surface area (Å²) in [6.45, 7) is 0. The average Bonchev–Trinajstić information content (AvgIpc) is 3.64. The van der Waals surface area contributed by atoms with Crippen LogP contribution in [-0.2, 0) is 0 Å². The van der Waals surface area contributed by atoms with E-state index in [2.05, 4.69) is 162 Å². The normalized spacial score (nSPS) is 11.6. The van der Waals surface area contributed by atoms with Crippen LogP contribution in [0.1, 0.15) is 0 Å². The molecule has 0 aliphatic carbocycles. The number of aromatic nitrogens is 2. The molecular weight excluding hydrogens is 553 g/mol. The molecule has 206 valence electrons. The van der Waals surface area contributed by atoms with Gasteiger partial charge in [-0.1, -0.05) is 97.1 Å². The molecule has 44 heavy (non-hydrogen) atoms. The maximum absolute atomic E-state index is 5.23. The van der Waals surface area contributed by atoms with Crippen LogP contribution < -0.4 is 0 Å². The van der Waals surface area contributed by atoms with Gasteiger partial charge in [-0.05, 0) is 71.8 Å². The number of rotatable bonds is 4. The molecule has 6 aromatic carbocycles. The number of para-hydroxylation sites is 2. The topological polar surface area (TPSA) is 17.8 Å². The maximum atomic E-state index is 5.23. The second-order valence-electron chi connectivity index (χ2n) is 11.2. The minimum atomic E-state index is 0.972. The van der Waals surface area contributed by atoms with Crippen molar-refractivity contribution in [3.8, 4) is 39.3 Å². The fourth-order valence-corrected chi connectivity index (χ4v) is 7.58. The lowest BCUT2D eigenvalue weighted by Gasteiger charge is -2.11. The molecule has 0 radical (unpaired) electrons. The molecule has 0 atom stereocenters. The fourth-order valence-electron chi connectivity index (χ4n) is 6.50. The molecular formula is C41H26N2S. The number of hydrogen-bond donors (Lipinski definition) is 0. The Labute approximate surface area is 259 Å². The molecule has 0 N–H and O–H groups in total. The van der Waals surface area contributed by atoms with Crippen LogP contribution in [0.5, 0.6) is 0 Å². The molecule has 0 amide bonds. The Morgan fingerprint density at radius 2 is 1.00 bits per heavy atom. The summed E-state index contributed by atoms with van der Waals surface area (Å²) >= 11 is 1.85. The van der Waals surface area contributed by atoms with Gasteiger partial charge in [-0.2, -0.15) is 0 Å². The van der Waals surface area contributed by atoms with Gasteiger partial charge in [0.2, 0.25) is 0 Å². The number of fused-ring (bicyclic) bond motifs is 6. The molecule has 9 rings (SSSR count). The van der Waals surface area contributed by atoms with E-state index in [1.54, 1.807) is 0 Å². The SMILES string of the molecule is c1ccc(-c2cc(-c3ccc4c(c3)c3ccccc3n4-c3ccccc3)cc(-c3ccc4sc5ccccc5c4c3)n2)cc1. The largest absolute Gasteiger partial charge is 0.309 e. The Kier molecular flexibility index (Phi) is 5.71. The zero-order valence-electron chi connectivity index (χ0n) is 23.8. The molecule has 0 aliphatic rings. The van der Waals surface area contributed by atoms with Gasteiger partial charge in [-0.25, -0.2) is 4.98 Å². The summed E-state index contributed by atoms with van der Waals surface area (Å²) in [5, 5.41) is 5.08. The van der Waals surface area contributed by atoms with Crippen LogP contribution in [0.15, 0.2) is 158 Å². The van der Waals surface area contributed by atoms with Crippen molar-refractivity contribution in [1.29, 1.82) is 0 Å². The predicted octanol–water partition coefficient (Wildman–Crippen LogP) is 11.5. The molecule has 3 heteroatoms. The van der Waals surface area contributed by atoms with Crippen molar-refractivity contribution in [2.24, 2.45) is 0 Å². The molecule has 3 aromatic heterocycles. The third-order valence-electron chi connectivity index (χ3n) is 8.59. The zero-order chi connectivity index (χ0) is 29.0. The summed E-state index contributed by atoms with van der Waals surface area (Å²) < 4.78 is 4.98. The van der Waals surface area contributed by atoms with Crippen LogP contribution in [0.3, 0.4) is 0 Å². The lowest BCUT2D eigenvalue weighted by Crippen LogP contribution is -1.93. The van der Waals surface area contributed by atoms with Gasteiger partial charge in [0.05, 0.1) is 22.4 Å². The highest BCUT2D eigenvalue weighted by Crippen LogP contribution is 2.39. The van der Waals surface area contributed by atoms with Gasteiger partial charge in [0.1, 0.15) is 0 Å². The van der Waals surface area contributed by atoms with E-state index in [0.29, 0.717) is 0 Å². The van der Waals surface area contributed by atoms with E-state index in [1.165, 1.54) is 53.2 Å². The van der Waals surface area contributed by atoms with E-state index < -0.39 is 0 Å². The van der Waals surface area contributed by atoms with Crippen molar-refractivity contribution < 1.29 is 0 Å². The standard InChI is InChI=1S/C41H26N2S/c1-3-11-27(12-4-1)36-25-30(26-37(42-36)29-20-22-41-35(24-29)33-16-8-10-18-40(33)44-41)28-19-21-39-34(23-28)32-15-7-9-17-38(32)43(39)31-13-5-2-6-14-31/h1-26H. The van der Waals surface area contributed by atoms with Crippen molar-refractivity contribution in [3.05, 3.63) is 158 Å². The van der Waals surface area contributed by atoms with Gasteiger partial charge < -0.3 is 4.57 Å². The summed E-state index contributed by atoms with van der Waals surface area (Å²) in [6.07, 6.45) is 0. The first-order chi connectivity index (χ1) is 21.8. The molecule has 3 heterocycles. The monoisotopic (exact) mass is 578 g/mol. The van der Waals surface area contributed by atoms with Gasteiger partial charge in [-0.3, -0.25) is 0 Å². The van der Waals surface area contributed by atoms with E-state index in [9.17, 15) is 0 Å². The van der Waals surface area contributed by atoms with E-state index in [1.807, 2.05) is 11.3 Å². The lowest BCUT2D eigenvalue weighted by atomic mass is 9.98. The highest BCUT2D eigenvalue weighted by atomic mass is 32.1. The predicted molar refractivity (Wildman–Crippen MR) is 188 cm³/mol. The summed E-state index contributed by atoms with van der Waals surface area (Å²) in [5.74, 6) is 0. The van der Waals surface area contributed by atoms with Gasteiger partial charge in [-0.15, -0.1) is 11.3 Å². The highest BCUT2D eigenvalue weighted by Gasteiger charge is 2.15. The number of hydrogen-bond acceptors (Lipinski definition) is 2. The Morgan fingerprint density at radius 1 is 0.386 bits per heavy atom. The molecule has 2 nitrogen and oxygen atoms in total. The average molecular weight is 579 g/mol. The first-order valence-electron chi connectivity index (χ1n) is 14.9. The van der Waals surface area contributed by atoms with Gasteiger partial charge in [0.15, 0.2) is 0 Å². The molecule has 0 bridgehead atoms. The lowest BCUT2D eigenvalue weighted by molar-refractivity contribution is 1.18.